The molecule has 0 saturated carbocycles. The molecule has 0 radical (unpaired) electrons. The second-order valence-electron chi connectivity index (χ2n) is 4.68. The lowest BCUT2D eigenvalue weighted by molar-refractivity contribution is 0.0696. The van der Waals surface area contributed by atoms with Crippen LogP contribution in [0.3, 0.4) is 0 Å². The van der Waals surface area contributed by atoms with E-state index in [2.05, 4.69) is 10.2 Å². The minimum Gasteiger partial charge on any atom is -0.478 e. The number of halogens is 1. The summed E-state index contributed by atoms with van der Waals surface area (Å²) in [6.45, 7) is 3.68. The Morgan fingerprint density at radius 1 is 1.52 bits per heavy atom. The molecule has 2 rings (SSSR count). The maximum absolute atomic E-state index is 13.7. The SMILES string of the molecule is CC(C)n1c(SCc2cc(C(=O)O)ccc2F)n[nH]c1=O. The van der Waals surface area contributed by atoms with Crippen LogP contribution in [-0.2, 0) is 5.75 Å². The number of aromatic amines is 1. The molecule has 0 bridgehead atoms. The van der Waals surface area contributed by atoms with Gasteiger partial charge in [-0.15, -0.1) is 5.10 Å². The molecular formula is C13H14FN3O3S. The highest BCUT2D eigenvalue weighted by atomic mass is 32.2. The minimum absolute atomic E-state index is 0.0234. The second-order valence-corrected chi connectivity index (χ2v) is 5.62. The molecule has 0 saturated heterocycles. The monoisotopic (exact) mass is 311 g/mol. The molecule has 0 aliphatic carbocycles. The first-order valence-corrected chi connectivity index (χ1v) is 7.20. The number of aromatic carboxylic acids is 1. The van der Waals surface area contributed by atoms with Gasteiger partial charge < -0.3 is 5.11 Å². The van der Waals surface area contributed by atoms with Crippen molar-refractivity contribution in [2.24, 2.45) is 0 Å². The van der Waals surface area contributed by atoms with Gasteiger partial charge in [0.25, 0.3) is 0 Å². The Morgan fingerprint density at radius 2 is 2.24 bits per heavy atom. The number of benzene rings is 1. The van der Waals surface area contributed by atoms with Gasteiger partial charge in [-0.3, -0.25) is 4.57 Å². The smallest absolute Gasteiger partial charge is 0.344 e. The number of hydrogen-bond acceptors (Lipinski definition) is 4. The second kappa shape index (κ2) is 6.13. The number of nitrogens with one attached hydrogen (secondary N) is 1. The molecule has 1 aromatic carbocycles. The Kier molecular flexibility index (Phi) is 4.46. The third kappa shape index (κ3) is 3.33. The Balaban J connectivity index is 2.22. The molecule has 0 aliphatic rings. The summed E-state index contributed by atoms with van der Waals surface area (Å²) < 4.78 is 15.2. The Labute approximate surface area is 124 Å². The number of carboxylic acid groups (broad SMARTS) is 1. The highest BCUT2D eigenvalue weighted by molar-refractivity contribution is 7.98. The molecule has 0 amide bonds. The maximum atomic E-state index is 13.7. The topological polar surface area (TPSA) is 88.0 Å². The predicted octanol–water partition coefficient (Wildman–Crippen LogP) is 2.28. The van der Waals surface area contributed by atoms with Gasteiger partial charge in [-0.1, -0.05) is 11.8 Å². The van der Waals surface area contributed by atoms with E-state index in [1.165, 1.54) is 28.5 Å². The Morgan fingerprint density at radius 3 is 2.86 bits per heavy atom. The molecule has 1 aromatic heterocycles. The number of carboxylic acids is 1. The van der Waals surface area contributed by atoms with Gasteiger partial charge in [0, 0.05) is 11.8 Å². The number of H-pyrrole nitrogens is 1. The lowest BCUT2D eigenvalue weighted by Gasteiger charge is -2.09. The first kappa shape index (κ1) is 15.3. The zero-order valence-corrected chi connectivity index (χ0v) is 12.3. The zero-order chi connectivity index (χ0) is 15.6. The highest BCUT2D eigenvalue weighted by Crippen LogP contribution is 2.24. The fourth-order valence-electron chi connectivity index (χ4n) is 1.81. The van der Waals surface area contributed by atoms with Crippen molar-refractivity contribution in [3.05, 3.63) is 45.6 Å². The normalized spacial score (nSPS) is 11.0. The van der Waals surface area contributed by atoms with Gasteiger partial charge in [-0.25, -0.2) is 19.1 Å². The van der Waals surface area contributed by atoms with Crippen LogP contribution in [0.1, 0.15) is 35.8 Å². The minimum atomic E-state index is -1.11. The summed E-state index contributed by atoms with van der Waals surface area (Å²) in [6, 6.07) is 3.55. The number of hydrogen-bond donors (Lipinski definition) is 2. The van der Waals surface area contributed by atoms with E-state index in [1.807, 2.05) is 13.8 Å². The summed E-state index contributed by atoms with van der Waals surface area (Å²) in [6.07, 6.45) is 0. The van der Waals surface area contributed by atoms with Crippen LogP contribution in [0.15, 0.2) is 28.2 Å². The summed E-state index contributed by atoms with van der Waals surface area (Å²) in [5.74, 6) is -1.41. The number of rotatable bonds is 5. The van der Waals surface area contributed by atoms with E-state index in [9.17, 15) is 14.0 Å². The van der Waals surface area contributed by atoms with Gasteiger partial charge in [0.15, 0.2) is 5.16 Å². The summed E-state index contributed by atoms with van der Waals surface area (Å²) >= 11 is 1.17. The van der Waals surface area contributed by atoms with Crippen molar-refractivity contribution in [3.63, 3.8) is 0 Å². The molecule has 0 unspecified atom stereocenters. The Bertz CT molecular complexity index is 724. The van der Waals surface area contributed by atoms with E-state index in [4.69, 9.17) is 5.11 Å². The van der Waals surface area contributed by atoms with Crippen molar-refractivity contribution < 1.29 is 14.3 Å². The third-order valence-electron chi connectivity index (χ3n) is 2.84. The fraction of sp³-hybridized carbons (Fsp3) is 0.308. The molecule has 0 spiro atoms. The largest absolute Gasteiger partial charge is 0.478 e. The van der Waals surface area contributed by atoms with Crippen LogP contribution in [0.5, 0.6) is 0 Å². The number of nitrogens with zero attached hydrogens (tertiary/aromatic N) is 2. The Hall–Kier alpha value is -2.09. The standard InChI is InChI=1S/C13H14FN3O3S/c1-7(2)17-12(20)15-16-13(17)21-6-9-5-8(11(18)19)3-4-10(9)14/h3-5,7H,6H2,1-2H3,(H,15,20)(H,18,19). The van der Waals surface area contributed by atoms with Crippen LogP contribution in [-0.4, -0.2) is 25.8 Å². The van der Waals surface area contributed by atoms with Gasteiger partial charge in [-0.05, 0) is 37.6 Å². The van der Waals surface area contributed by atoms with Crippen LogP contribution in [0.4, 0.5) is 4.39 Å². The molecule has 0 atom stereocenters. The zero-order valence-electron chi connectivity index (χ0n) is 11.5. The predicted molar refractivity (Wildman–Crippen MR) is 76.2 cm³/mol. The number of thioether (sulfide) groups is 1. The molecule has 1 heterocycles. The first-order chi connectivity index (χ1) is 9.90. The van der Waals surface area contributed by atoms with Gasteiger partial charge in [0.2, 0.25) is 0 Å². The van der Waals surface area contributed by atoms with Crippen molar-refractivity contribution in [1.29, 1.82) is 0 Å². The molecule has 0 aliphatic heterocycles. The third-order valence-corrected chi connectivity index (χ3v) is 3.84. The first-order valence-electron chi connectivity index (χ1n) is 6.21. The summed E-state index contributed by atoms with van der Waals surface area (Å²) in [7, 11) is 0. The maximum Gasteiger partial charge on any atom is 0.344 e. The van der Waals surface area contributed by atoms with Crippen molar-refractivity contribution in [2.45, 2.75) is 30.8 Å². The molecule has 0 fully saturated rings. The van der Waals surface area contributed by atoms with Crippen LogP contribution in [0.2, 0.25) is 0 Å². The summed E-state index contributed by atoms with van der Waals surface area (Å²) in [5.41, 5.74) is -0.0480. The highest BCUT2D eigenvalue weighted by Gasteiger charge is 2.14. The molecular weight excluding hydrogens is 297 g/mol. The number of aromatic nitrogens is 3. The van der Waals surface area contributed by atoms with E-state index in [0.29, 0.717) is 5.16 Å². The van der Waals surface area contributed by atoms with Crippen LogP contribution in [0.25, 0.3) is 0 Å². The van der Waals surface area contributed by atoms with Crippen LogP contribution >= 0.6 is 11.8 Å². The fourth-order valence-corrected chi connectivity index (χ4v) is 2.86. The van der Waals surface area contributed by atoms with E-state index < -0.39 is 11.8 Å². The van der Waals surface area contributed by atoms with E-state index >= 15 is 0 Å². The van der Waals surface area contributed by atoms with Gasteiger partial charge in [0.05, 0.1) is 5.56 Å². The van der Waals surface area contributed by atoms with Crippen molar-refractivity contribution in [3.8, 4) is 0 Å². The average Bonchev–Trinajstić information content (AvgIpc) is 2.78. The molecule has 2 aromatic rings. The molecule has 21 heavy (non-hydrogen) atoms. The van der Waals surface area contributed by atoms with Gasteiger partial charge in [-0.2, -0.15) is 0 Å². The van der Waals surface area contributed by atoms with Gasteiger partial charge >= 0.3 is 11.7 Å². The average molecular weight is 311 g/mol. The molecule has 6 nitrogen and oxygen atoms in total. The molecule has 8 heteroatoms. The lowest BCUT2D eigenvalue weighted by atomic mass is 10.1. The number of carbonyl (C=O) groups is 1. The van der Waals surface area contributed by atoms with Crippen molar-refractivity contribution >= 4 is 17.7 Å². The van der Waals surface area contributed by atoms with E-state index in [1.54, 1.807) is 0 Å². The van der Waals surface area contributed by atoms with Crippen molar-refractivity contribution in [1.82, 2.24) is 14.8 Å². The molecule has 2 N–H and O–H groups in total. The quantitative estimate of drug-likeness (QED) is 0.827. The summed E-state index contributed by atoms with van der Waals surface area (Å²) in [4.78, 5) is 22.5. The van der Waals surface area contributed by atoms with Gasteiger partial charge in [0.1, 0.15) is 5.82 Å². The van der Waals surface area contributed by atoms with Crippen LogP contribution in [0, 0.1) is 5.82 Å². The van der Waals surface area contributed by atoms with Crippen LogP contribution < -0.4 is 5.69 Å². The lowest BCUT2D eigenvalue weighted by Crippen LogP contribution is -2.19. The van der Waals surface area contributed by atoms with E-state index in [0.717, 1.165) is 6.07 Å². The van der Waals surface area contributed by atoms with E-state index in [-0.39, 0.29) is 28.6 Å². The summed E-state index contributed by atoms with van der Waals surface area (Å²) in [5, 5.41) is 15.6. The van der Waals surface area contributed by atoms with Crippen molar-refractivity contribution in [2.75, 3.05) is 0 Å². The molecule has 112 valence electrons.